The number of phosphoric ester groups is 1. The molecule has 9 heteroatoms. The molecule has 0 aromatic carbocycles. The predicted octanol–water partition coefficient (Wildman–Crippen LogP) is 14.1. The van der Waals surface area contributed by atoms with Gasteiger partial charge in [-0.1, -0.05) is 232 Å². The number of rotatable bonds is 46. The third-order valence-corrected chi connectivity index (χ3v) is 12.6. The van der Waals surface area contributed by atoms with E-state index in [1.165, 1.54) is 180 Å². The monoisotopic (exact) mass is 832 g/mol. The number of hydrogen-bond acceptors (Lipinski definition) is 5. The third kappa shape index (κ3) is 43.4. The highest BCUT2D eigenvalue weighted by atomic mass is 31.2. The van der Waals surface area contributed by atoms with Gasteiger partial charge in [-0.3, -0.25) is 13.8 Å². The zero-order valence-corrected chi connectivity index (χ0v) is 39.8. The summed E-state index contributed by atoms with van der Waals surface area (Å²) in [5.41, 5.74) is 0. The minimum Gasteiger partial charge on any atom is -0.391 e. The topological polar surface area (TPSA) is 105 Å². The van der Waals surface area contributed by atoms with Crippen molar-refractivity contribution in [2.75, 3.05) is 40.9 Å². The lowest BCUT2D eigenvalue weighted by Crippen LogP contribution is -2.46. The van der Waals surface area contributed by atoms with E-state index in [0.29, 0.717) is 23.9 Å². The minimum atomic E-state index is -4.29. The van der Waals surface area contributed by atoms with Crippen molar-refractivity contribution in [2.24, 2.45) is 0 Å². The normalized spacial score (nSPS) is 14.2. The molecule has 342 valence electrons. The van der Waals surface area contributed by atoms with Crippen molar-refractivity contribution in [1.82, 2.24) is 5.32 Å². The van der Waals surface area contributed by atoms with Crippen molar-refractivity contribution >= 4 is 13.7 Å². The highest BCUT2D eigenvalue weighted by Gasteiger charge is 2.28. The first-order valence-corrected chi connectivity index (χ1v) is 26.4. The highest BCUT2D eigenvalue weighted by molar-refractivity contribution is 7.47. The van der Waals surface area contributed by atoms with Crippen LogP contribution < -0.4 is 5.32 Å². The highest BCUT2D eigenvalue weighted by Crippen LogP contribution is 2.43. The van der Waals surface area contributed by atoms with Gasteiger partial charge in [0, 0.05) is 6.42 Å². The number of nitrogens with one attached hydrogen (secondary N) is 1. The van der Waals surface area contributed by atoms with Gasteiger partial charge < -0.3 is 19.8 Å². The van der Waals surface area contributed by atoms with Gasteiger partial charge in [0.1, 0.15) is 13.2 Å². The van der Waals surface area contributed by atoms with Crippen LogP contribution in [0.5, 0.6) is 0 Å². The van der Waals surface area contributed by atoms with Crippen molar-refractivity contribution in [3.8, 4) is 0 Å². The van der Waals surface area contributed by atoms with Crippen molar-refractivity contribution in [3.63, 3.8) is 0 Å². The van der Waals surface area contributed by atoms with Gasteiger partial charge >= 0.3 is 7.82 Å². The number of unbranched alkanes of at least 4 members (excludes halogenated alkanes) is 33. The van der Waals surface area contributed by atoms with Crippen LogP contribution in [0.25, 0.3) is 0 Å². The molecule has 0 bridgehead atoms. The Kier molecular flexibility index (Phi) is 40.5. The maximum absolute atomic E-state index is 12.6. The second kappa shape index (κ2) is 40.9. The Morgan fingerprint density at radius 3 is 1.18 bits per heavy atom. The summed E-state index contributed by atoms with van der Waals surface area (Å²) in [5, 5.41) is 13.8. The fourth-order valence-corrected chi connectivity index (χ4v) is 8.37. The van der Waals surface area contributed by atoms with Gasteiger partial charge in [0.25, 0.3) is 0 Å². The summed E-state index contributed by atoms with van der Waals surface area (Å²) in [6, 6.07) is -0.750. The molecule has 0 aliphatic carbocycles. The number of carbonyl (C=O) groups excluding carboxylic acids is 1. The molecule has 0 aliphatic heterocycles. The van der Waals surface area contributed by atoms with E-state index in [4.69, 9.17) is 9.05 Å². The Labute approximate surface area is 355 Å². The van der Waals surface area contributed by atoms with E-state index in [0.717, 1.165) is 44.9 Å². The van der Waals surface area contributed by atoms with Crippen LogP contribution in [0.3, 0.4) is 0 Å². The number of hydrogen-bond donors (Lipinski definition) is 3. The van der Waals surface area contributed by atoms with Crippen LogP contribution in [0.1, 0.15) is 251 Å². The Balaban J connectivity index is 3.77. The van der Waals surface area contributed by atoms with E-state index in [1.807, 2.05) is 21.1 Å². The van der Waals surface area contributed by atoms with Gasteiger partial charge in [0.15, 0.2) is 0 Å². The first kappa shape index (κ1) is 56.5. The molecule has 0 radical (unpaired) electrons. The minimum absolute atomic E-state index is 0.0774. The molecular weight excluding hydrogens is 732 g/mol. The third-order valence-electron chi connectivity index (χ3n) is 11.6. The molecule has 1 amide bonds. The molecule has 0 aromatic rings. The molecule has 3 atom stereocenters. The van der Waals surface area contributed by atoms with Crippen LogP contribution in [-0.2, 0) is 18.4 Å². The maximum atomic E-state index is 12.6. The molecule has 3 unspecified atom stereocenters. The number of amides is 1. The van der Waals surface area contributed by atoms with Gasteiger partial charge in [-0.25, -0.2) is 4.57 Å². The molecule has 3 N–H and O–H groups in total. The molecule has 0 saturated heterocycles. The first-order valence-electron chi connectivity index (χ1n) is 24.9. The molecule has 57 heavy (non-hydrogen) atoms. The summed E-state index contributed by atoms with van der Waals surface area (Å²) in [6.45, 7) is 4.79. The fraction of sp³-hybridized carbons (Fsp3) is 0.979. The van der Waals surface area contributed by atoms with Gasteiger partial charge in [-0.15, -0.1) is 0 Å². The van der Waals surface area contributed by atoms with Gasteiger partial charge in [0.05, 0.1) is 39.9 Å². The summed E-state index contributed by atoms with van der Waals surface area (Å²) in [6.07, 6.45) is 46.6. The first-order chi connectivity index (χ1) is 27.5. The van der Waals surface area contributed by atoms with E-state index >= 15 is 0 Å². The summed E-state index contributed by atoms with van der Waals surface area (Å²) >= 11 is 0. The largest absolute Gasteiger partial charge is 0.472 e. The molecule has 0 aliphatic rings. The summed E-state index contributed by atoms with van der Waals surface area (Å²) in [5.74, 6) is -0.159. The van der Waals surface area contributed by atoms with E-state index in [2.05, 4.69) is 19.2 Å². The van der Waals surface area contributed by atoms with E-state index in [9.17, 15) is 19.4 Å². The standard InChI is InChI=1S/C48H99N2O6P/c1-6-8-10-12-13-14-15-16-17-18-19-20-21-22-23-24-25-26-27-28-29-30-31-32-33-34-35-36-37-38-39-41-47(51)46(49-48(52)42-40-11-9-7-2)45-56-57(53,54)55-44-43-50(3,4)5/h46-47,51H,6-45H2,1-5H3,(H-,49,52,53,54)/p+1. The molecule has 8 nitrogen and oxygen atoms in total. The maximum Gasteiger partial charge on any atom is 0.472 e. The summed E-state index contributed by atoms with van der Waals surface area (Å²) in [7, 11) is 1.62. The molecule has 0 heterocycles. The number of nitrogens with zero attached hydrogens (tertiary/aromatic N) is 1. The van der Waals surface area contributed by atoms with Crippen LogP contribution in [0.4, 0.5) is 0 Å². The quantitative estimate of drug-likeness (QED) is 0.0321. The van der Waals surface area contributed by atoms with E-state index in [1.54, 1.807) is 0 Å². The molecule has 0 rings (SSSR count). The number of aliphatic hydroxyl groups excluding tert-OH is 1. The van der Waals surface area contributed by atoms with Crippen LogP contribution in [-0.4, -0.2) is 73.4 Å². The summed E-state index contributed by atoms with van der Waals surface area (Å²) in [4.78, 5) is 22.8. The average molecular weight is 832 g/mol. The summed E-state index contributed by atoms with van der Waals surface area (Å²) < 4.78 is 23.4. The Hall–Kier alpha value is -0.500. The van der Waals surface area contributed by atoms with Crippen LogP contribution >= 0.6 is 7.82 Å². The number of phosphoric acid groups is 1. The molecular formula is C48H100N2O6P+. The Bertz CT molecular complexity index is 901. The van der Waals surface area contributed by atoms with Crippen LogP contribution in [0.2, 0.25) is 0 Å². The second-order valence-corrected chi connectivity index (χ2v) is 20.0. The van der Waals surface area contributed by atoms with Crippen molar-refractivity contribution < 1.29 is 32.9 Å². The predicted molar refractivity (Wildman–Crippen MR) is 245 cm³/mol. The smallest absolute Gasteiger partial charge is 0.391 e. The Morgan fingerprint density at radius 1 is 0.526 bits per heavy atom. The fourth-order valence-electron chi connectivity index (χ4n) is 7.64. The average Bonchev–Trinajstić information content (AvgIpc) is 3.16. The molecule has 0 fully saturated rings. The van der Waals surface area contributed by atoms with Gasteiger partial charge in [-0.05, 0) is 12.8 Å². The lowest BCUT2D eigenvalue weighted by molar-refractivity contribution is -0.870. The Morgan fingerprint density at radius 2 is 0.842 bits per heavy atom. The van der Waals surface area contributed by atoms with Gasteiger partial charge in [0.2, 0.25) is 5.91 Å². The van der Waals surface area contributed by atoms with E-state index in [-0.39, 0.29) is 19.1 Å². The molecule has 0 aromatic heterocycles. The van der Waals surface area contributed by atoms with Crippen molar-refractivity contribution in [3.05, 3.63) is 0 Å². The lowest BCUT2D eigenvalue weighted by Gasteiger charge is -2.26. The SMILES string of the molecule is CCCCCCCCCCCCCCCCCCCCCCCCCCCCCCCCCC(O)C(COP(=O)(O)OCC[N+](C)(C)C)NC(=O)CCCCCC. The van der Waals surface area contributed by atoms with Gasteiger partial charge in [-0.2, -0.15) is 0 Å². The number of aliphatic hydroxyl groups is 1. The number of carbonyl (C=O) groups is 1. The van der Waals surface area contributed by atoms with E-state index < -0.39 is 20.0 Å². The zero-order valence-electron chi connectivity index (χ0n) is 38.9. The second-order valence-electron chi connectivity index (χ2n) is 18.6. The van der Waals surface area contributed by atoms with Crippen LogP contribution in [0, 0.1) is 0 Å². The van der Waals surface area contributed by atoms with Crippen molar-refractivity contribution in [1.29, 1.82) is 0 Å². The number of quaternary nitrogens is 1. The molecule has 0 spiro atoms. The molecule has 0 saturated carbocycles. The van der Waals surface area contributed by atoms with Crippen molar-refractivity contribution in [2.45, 2.75) is 264 Å². The lowest BCUT2D eigenvalue weighted by atomic mass is 10.0. The van der Waals surface area contributed by atoms with Crippen LogP contribution in [0.15, 0.2) is 0 Å². The number of likely N-dealkylation sites (N-methyl/N-ethyl adjacent to an activating group) is 1. The zero-order chi connectivity index (χ0) is 42.1.